The molecule has 5 heteroatoms. The lowest BCUT2D eigenvalue weighted by Gasteiger charge is -2.32. The molecule has 1 unspecified atom stereocenters. The van der Waals surface area contributed by atoms with E-state index in [1.165, 1.54) is 12.1 Å². The number of rotatable bonds is 5. The number of hydrogen-bond acceptors (Lipinski definition) is 3. The van der Waals surface area contributed by atoms with Crippen molar-refractivity contribution in [2.75, 3.05) is 26.2 Å². The Hall–Kier alpha value is -1.13. The Balaban J connectivity index is 1.80. The molecule has 0 N–H and O–H groups in total. The van der Waals surface area contributed by atoms with Gasteiger partial charge >= 0.3 is 5.97 Å². The molecule has 1 saturated heterocycles. The van der Waals surface area contributed by atoms with Crippen molar-refractivity contribution >= 4 is 17.6 Å². The summed E-state index contributed by atoms with van der Waals surface area (Å²) in [7, 11) is 0. The van der Waals surface area contributed by atoms with Crippen molar-refractivity contribution in [1.82, 2.24) is 4.90 Å². The number of piperidine rings is 1. The Labute approximate surface area is 130 Å². The molecule has 1 heterocycles. The molecule has 1 aromatic rings. The van der Waals surface area contributed by atoms with E-state index in [2.05, 4.69) is 4.90 Å². The predicted octanol–water partition coefficient (Wildman–Crippen LogP) is 3.38. The highest BCUT2D eigenvalue weighted by Gasteiger charge is 2.26. The third-order valence-electron chi connectivity index (χ3n) is 3.86. The summed E-state index contributed by atoms with van der Waals surface area (Å²) in [6.45, 7) is 4.66. The zero-order chi connectivity index (χ0) is 15.2. The van der Waals surface area contributed by atoms with E-state index < -0.39 is 0 Å². The SMILES string of the molecule is CCOC(=O)C1CCN(CC(Cl)c2ccc(F)cc2)CC1. The van der Waals surface area contributed by atoms with Gasteiger partial charge in [0.1, 0.15) is 5.82 Å². The molecule has 0 radical (unpaired) electrons. The van der Waals surface area contributed by atoms with Crippen molar-refractivity contribution < 1.29 is 13.9 Å². The van der Waals surface area contributed by atoms with Gasteiger partial charge in [-0.05, 0) is 50.6 Å². The van der Waals surface area contributed by atoms with Crippen molar-refractivity contribution in [1.29, 1.82) is 0 Å². The highest BCUT2D eigenvalue weighted by Crippen LogP contribution is 2.25. The summed E-state index contributed by atoms with van der Waals surface area (Å²) >= 11 is 6.38. The van der Waals surface area contributed by atoms with Crippen molar-refractivity contribution in [3.63, 3.8) is 0 Å². The van der Waals surface area contributed by atoms with Crippen LogP contribution in [0.3, 0.4) is 0 Å². The topological polar surface area (TPSA) is 29.5 Å². The molecule has 3 nitrogen and oxygen atoms in total. The van der Waals surface area contributed by atoms with E-state index in [0.29, 0.717) is 13.2 Å². The highest BCUT2D eigenvalue weighted by molar-refractivity contribution is 6.21. The summed E-state index contributed by atoms with van der Waals surface area (Å²) in [5, 5.41) is -0.162. The zero-order valence-electron chi connectivity index (χ0n) is 12.2. The van der Waals surface area contributed by atoms with E-state index in [-0.39, 0.29) is 23.1 Å². The molecule has 1 aliphatic rings. The average Bonchev–Trinajstić information content (AvgIpc) is 2.49. The highest BCUT2D eigenvalue weighted by atomic mass is 35.5. The van der Waals surface area contributed by atoms with Crippen LogP contribution in [-0.4, -0.2) is 37.1 Å². The summed E-state index contributed by atoms with van der Waals surface area (Å²) < 4.78 is 18.0. The number of ether oxygens (including phenoxy) is 1. The van der Waals surface area contributed by atoms with E-state index in [0.717, 1.165) is 31.5 Å². The maximum absolute atomic E-state index is 12.9. The quantitative estimate of drug-likeness (QED) is 0.616. The van der Waals surface area contributed by atoms with Crippen LogP contribution in [0.25, 0.3) is 0 Å². The molecule has 1 aromatic carbocycles. The molecule has 0 aromatic heterocycles. The number of esters is 1. The first-order valence-corrected chi connectivity index (χ1v) is 7.82. The van der Waals surface area contributed by atoms with Gasteiger partial charge in [-0.1, -0.05) is 12.1 Å². The van der Waals surface area contributed by atoms with Crippen molar-refractivity contribution in [3.8, 4) is 0 Å². The fourth-order valence-electron chi connectivity index (χ4n) is 2.62. The summed E-state index contributed by atoms with van der Waals surface area (Å²) in [4.78, 5) is 13.9. The van der Waals surface area contributed by atoms with Gasteiger partial charge in [-0.15, -0.1) is 11.6 Å². The minimum Gasteiger partial charge on any atom is -0.466 e. The smallest absolute Gasteiger partial charge is 0.309 e. The van der Waals surface area contributed by atoms with E-state index >= 15 is 0 Å². The van der Waals surface area contributed by atoms with Crippen molar-refractivity contribution in [2.24, 2.45) is 5.92 Å². The summed E-state index contributed by atoms with van der Waals surface area (Å²) in [5.74, 6) is -0.322. The first-order chi connectivity index (χ1) is 10.1. The third-order valence-corrected chi connectivity index (χ3v) is 4.25. The molecule has 0 saturated carbocycles. The van der Waals surface area contributed by atoms with E-state index in [1.807, 2.05) is 6.92 Å². The van der Waals surface area contributed by atoms with Crippen LogP contribution in [0.5, 0.6) is 0 Å². The molecular weight excluding hydrogens is 293 g/mol. The van der Waals surface area contributed by atoms with Gasteiger partial charge in [0.15, 0.2) is 0 Å². The number of carbonyl (C=O) groups excluding carboxylic acids is 1. The molecule has 2 rings (SSSR count). The van der Waals surface area contributed by atoms with E-state index in [4.69, 9.17) is 16.3 Å². The minimum absolute atomic E-state index is 0.0146. The van der Waals surface area contributed by atoms with E-state index in [9.17, 15) is 9.18 Å². The van der Waals surface area contributed by atoms with Gasteiger partial charge in [0, 0.05) is 6.54 Å². The number of likely N-dealkylation sites (tertiary alicyclic amines) is 1. The molecule has 1 aliphatic heterocycles. The number of benzene rings is 1. The number of carbonyl (C=O) groups is 1. The molecule has 0 spiro atoms. The van der Waals surface area contributed by atoms with E-state index in [1.54, 1.807) is 12.1 Å². The van der Waals surface area contributed by atoms with Crippen LogP contribution in [-0.2, 0) is 9.53 Å². The van der Waals surface area contributed by atoms with Crippen LogP contribution in [0.2, 0.25) is 0 Å². The van der Waals surface area contributed by atoms with Crippen LogP contribution in [0.1, 0.15) is 30.7 Å². The second-order valence-electron chi connectivity index (χ2n) is 5.35. The summed E-state index contributed by atoms with van der Waals surface area (Å²) in [5.41, 5.74) is 0.922. The van der Waals surface area contributed by atoms with Gasteiger partial charge in [0.25, 0.3) is 0 Å². The lowest BCUT2D eigenvalue weighted by Crippen LogP contribution is -2.38. The molecule has 1 fully saturated rings. The Morgan fingerprint density at radius 3 is 2.57 bits per heavy atom. The van der Waals surface area contributed by atoms with Crippen molar-refractivity contribution in [2.45, 2.75) is 25.1 Å². The van der Waals surface area contributed by atoms with Gasteiger partial charge in [0.2, 0.25) is 0 Å². The van der Waals surface area contributed by atoms with Crippen LogP contribution in [0.15, 0.2) is 24.3 Å². The maximum atomic E-state index is 12.9. The second kappa shape index (κ2) is 7.76. The van der Waals surface area contributed by atoms with Gasteiger partial charge < -0.3 is 9.64 Å². The number of alkyl halides is 1. The Bertz CT molecular complexity index is 458. The monoisotopic (exact) mass is 313 g/mol. The molecule has 0 amide bonds. The number of nitrogens with zero attached hydrogens (tertiary/aromatic N) is 1. The Morgan fingerprint density at radius 1 is 1.38 bits per heavy atom. The molecule has 0 aliphatic carbocycles. The van der Waals surface area contributed by atoms with Crippen LogP contribution < -0.4 is 0 Å². The number of halogens is 2. The molecule has 0 bridgehead atoms. The number of hydrogen-bond donors (Lipinski definition) is 0. The molecule has 116 valence electrons. The molecule has 21 heavy (non-hydrogen) atoms. The lowest BCUT2D eigenvalue weighted by molar-refractivity contribution is -0.149. The first kappa shape index (κ1) is 16.2. The largest absolute Gasteiger partial charge is 0.466 e. The fourth-order valence-corrected chi connectivity index (χ4v) is 2.96. The van der Waals surface area contributed by atoms with Crippen LogP contribution >= 0.6 is 11.6 Å². The van der Waals surface area contributed by atoms with Gasteiger partial charge in [-0.3, -0.25) is 4.79 Å². The summed E-state index contributed by atoms with van der Waals surface area (Å²) in [6, 6.07) is 6.30. The lowest BCUT2D eigenvalue weighted by atomic mass is 9.96. The zero-order valence-corrected chi connectivity index (χ0v) is 13.0. The Kier molecular flexibility index (Phi) is 6.00. The summed E-state index contributed by atoms with van der Waals surface area (Å²) in [6.07, 6.45) is 1.62. The van der Waals surface area contributed by atoms with Gasteiger partial charge in [-0.2, -0.15) is 0 Å². The minimum atomic E-state index is -0.252. The molecular formula is C16H21ClFNO2. The van der Waals surface area contributed by atoms with Crippen LogP contribution in [0.4, 0.5) is 4.39 Å². The normalized spacial score (nSPS) is 18.4. The van der Waals surface area contributed by atoms with Crippen LogP contribution in [0, 0.1) is 11.7 Å². The maximum Gasteiger partial charge on any atom is 0.309 e. The predicted molar refractivity (Wildman–Crippen MR) is 80.8 cm³/mol. The Morgan fingerprint density at radius 2 is 2.00 bits per heavy atom. The van der Waals surface area contributed by atoms with Gasteiger partial charge in [-0.25, -0.2) is 4.39 Å². The average molecular weight is 314 g/mol. The fraction of sp³-hybridized carbons (Fsp3) is 0.562. The first-order valence-electron chi connectivity index (χ1n) is 7.38. The van der Waals surface area contributed by atoms with Crippen molar-refractivity contribution in [3.05, 3.63) is 35.6 Å². The van der Waals surface area contributed by atoms with Gasteiger partial charge in [0.05, 0.1) is 17.9 Å². The standard InChI is InChI=1S/C16H21ClFNO2/c1-2-21-16(20)13-7-9-19(10-8-13)11-15(17)12-3-5-14(18)6-4-12/h3-6,13,15H,2,7-11H2,1H3. The second-order valence-corrected chi connectivity index (χ2v) is 5.87. The third kappa shape index (κ3) is 4.68. The molecule has 1 atom stereocenters.